The van der Waals surface area contributed by atoms with Crippen molar-refractivity contribution in [1.82, 2.24) is 20.2 Å². The van der Waals surface area contributed by atoms with Gasteiger partial charge in [-0.2, -0.15) is 0 Å². The van der Waals surface area contributed by atoms with Gasteiger partial charge in [0.05, 0.1) is 16.6 Å². The van der Waals surface area contributed by atoms with Crippen molar-refractivity contribution in [1.29, 1.82) is 0 Å². The van der Waals surface area contributed by atoms with Crippen LogP contribution in [-0.2, 0) is 16.1 Å². The monoisotopic (exact) mass is 394 g/mol. The van der Waals surface area contributed by atoms with Crippen molar-refractivity contribution < 1.29 is 14.3 Å². The molecule has 1 atom stereocenters. The lowest BCUT2D eigenvalue weighted by Gasteiger charge is -2.10. The molecule has 0 aromatic carbocycles. The molecule has 0 aliphatic heterocycles. The molecule has 2 heterocycles. The number of aryl methyl sites for hydroxylation is 1. The van der Waals surface area contributed by atoms with E-state index in [4.69, 9.17) is 4.74 Å². The van der Waals surface area contributed by atoms with Gasteiger partial charge < -0.3 is 15.4 Å². The summed E-state index contributed by atoms with van der Waals surface area (Å²) in [6.07, 6.45) is 2.87. The second-order valence-electron chi connectivity index (χ2n) is 6.39. The van der Waals surface area contributed by atoms with E-state index in [1.54, 1.807) is 14.0 Å². The van der Waals surface area contributed by atoms with Gasteiger partial charge in [0.1, 0.15) is 11.4 Å². The fraction of sp³-hybridized carbons (Fsp3) is 0.556. The van der Waals surface area contributed by atoms with Crippen LogP contribution in [0, 0.1) is 6.92 Å². The Balaban J connectivity index is 2.21. The molecule has 0 radical (unpaired) electrons. The van der Waals surface area contributed by atoms with Crippen LogP contribution in [0.3, 0.4) is 0 Å². The SMILES string of the molecule is CCC(C)NC(=O)c1sc2ncn(CC(=O)NCCCOC)c(=O)c2c1C. The van der Waals surface area contributed by atoms with Crippen LogP contribution in [0.25, 0.3) is 10.2 Å². The number of rotatable bonds is 9. The van der Waals surface area contributed by atoms with E-state index < -0.39 is 0 Å². The van der Waals surface area contributed by atoms with Crippen molar-refractivity contribution in [2.45, 2.75) is 46.2 Å². The molecule has 2 aromatic heterocycles. The summed E-state index contributed by atoms with van der Waals surface area (Å²) in [4.78, 5) is 42.5. The molecule has 0 saturated heterocycles. The van der Waals surface area contributed by atoms with Gasteiger partial charge in [-0.1, -0.05) is 6.92 Å². The Kier molecular flexibility index (Phi) is 7.49. The number of nitrogens with zero attached hydrogens (tertiary/aromatic N) is 2. The molecule has 2 aromatic rings. The van der Waals surface area contributed by atoms with Gasteiger partial charge in [0.2, 0.25) is 5.91 Å². The van der Waals surface area contributed by atoms with Crippen LogP contribution in [-0.4, -0.2) is 47.7 Å². The van der Waals surface area contributed by atoms with Gasteiger partial charge in [0.25, 0.3) is 11.5 Å². The zero-order valence-corrected chi connectivity index (χ0v) is 16.9. The van der Waals surface area contributed by atoms with Gasteiger partial charge in [0, 0.05) is 26.3 Å². The van der Waals surface area contributed by atoms with E-state index >= 15 is 0 Å². The van der Waals surface area contributed by atoms with E-state index in [-0.39, 0.29) is 30.0 Å². The predicted molar refractivity (Wildman–Crippen MR) is 105 cm³/mol. The highest BCUT2D eigenvalue weighted by Crippen LogP contribution is 2.26. The number of carbonyl (C=O) groups is 2. The first-order valence-electron chi connectivity index (χ1n) is 8.94. The van der Waals surface area contributed by atoms with Crippen molar-refractivity contribution >= 4 is 33.4 Å². The van der Waals surface area contributed by atoms with E-state index in [1.165, 1.54) is 22.2 Å². The van der Waals surface area contributed by atoms with Gasteiger partial charge in [-0.25, -0.2) is 4.98 Å². The maximum absolute atomic E-state index is 12.8. The number of ether oxygens (including phenoxy) is 1. The summed E-state index contributed by atoms with van der Waals surface area (Å²) in [6.45, 7) is 6.58. The Morgan fingerprint density at radius 3 is 2.81 bits per heavy atom. The quantitative estimate of drug-likeness (QED) is 0.627. The molecular weight excluding hydrogens is 368 g/mol. The van der Waals surface area contributed by atoms with E-state index in [0.717, 1.165) is 6.42 Å². The van der Waals surface area contributed by atoms with Crippen LogP contribution >= 0.6 is 11.3 Å². The molecular formula is C18H26N4O4S. The van der Waals surface area contributed by atoms with E-state index in [1.807, 2.05) is 13.8 Å². The van der Waals surface area contributed by atoms with Crippen molar-refractivity contribution in [2.24, 2.45) is 0 Å². The van der Waals surface area contributed by atoms with Crippen LogP contribution < -0.4 is 16.2 Å². The number of carbonyl (C=O) groups excluding carboxylic acids is 2. The third-order valence-electron chi connectivity index (χ3n) is 4.27. The van der Waals surface area contributed by atoms with Crippen molar-refractivity contribution in [3.63, 3.8) is 0 Å². The van der Waals surface area contributed by atoms with Gasteiger partial charge >= 0.3 is 0 Å². The second kappa shape index (κ2) is 9.61. The summed E-state index contributed by atoms with van der Waals surface area (Å²) in [7, 11) is 1.60. The average Bonchev–Trinajstić information content (AvgIpc) is 2.98. The minimum Gasteiger partial charge on any atom is -0.385 e. The van der Waals surface area contributed by atoms with Crippen LogP contribution in [0.4, 0.5) is 0 Å². The number of fused-ring (bicyclic) bond motifs is 1. The Bertz CT molecular complexity index is 874. The van der Waals surface area contributed by atoms with E-state index in [9.17, 15) is 14.4 Å². The van der Waals surface area contributed by atoms with Crippen LogP contribution in [0.1, 0.15) is 41.9 Å². The Morgan fingerprint density at radius 1 is 1.41 bits per heavy atom. The maximum Gasteiger partial charge on any atom is 0.262 e. The largest absolute Gasteiger partial charge is 0.385 e. The minimum atomic E-state index is -0.316. The smallest absolute Gasteiger partial charge is 0.262 e. The minimum absolute atomic E-state index is 0.0496. The molecule has 148 valence electrons. The molecule has 0 bridgehead atoms. The summed E-state index contributed by atoms with van der Waals surface area (Å²) in [5, 5.41) is 6.04. The fourth-order valence-electron chi connectivity index (χ4n) is 2.53. The van der Waals surface area contributed by atoms with E-state index in [2.05, 4.69) is 15.6 Å². The number of nitrogens with one attached hydrogen (secondary N) is 2. The van der Waals surface area contributed by atoms with Crippen LogP contribution in [0.2, 0.25) is 0 Å². The molecule has 1 unspecified atom stereocenters. The molecule has 2 amide bonds. The number of thiophene rings is 1. The Hall–Kier alpha value is -2.26. The highest BCUT2D eigenvalue weighted by molar-refractivity contribution is 7.20. The number of amides is 2. The fourth-order valence-corrected chi connectivity index (χ4v) is 3.58. The van der Waals surface area contributed by atoms with Gasteiger partial charge in [-0.3, -0.25) is 19.0 Å². The summed E-state index contributed by atoms with van der Waals surface area (Å²) < 4.78 is 6.19. The molecule has 0 aliphatic rings. The third kappa shape index (κ3) is 5.14. The molecule has 8 nitrogen and oxygen atoms in total. The number of hydrogen-bond donors (Lipinski definition) is 2. The topological polar surface area (TPSA) is 102 Å². The molecule has 0 aliphatic carbocycles. The van der Waals surface area contributed by atoms with Crippen LogP contribution in [0.15, 0.2) is 11.1 Å². The molecule has 27 heavy (non-hydrogen) atoms. The summed E-state index contributed by atoms with van der Waals surface area (Å²) in [5.41, 5.74) is 0.284. The molecule has 9 heteroatoms. The summed E-state index contributed by atoms with van der Waals surface area (Å²) in [6, 6.07) is 0.0496. The third-order valence-corrected chi connectivity index (χ3v) is 5.47. The van der Waals surface area contributed by atoms with Gasteiger partial charge in [0.15, 0.2) is 0 Å². The molecule has 0 saturated carbocycles. The van der Waals surface area contributed by atoms with Crippen molar-refractivity contribution in [2.75, 3.05) is 20.3 Å². The lowest BCUT2D eigenvalue weighted by Crippen LogP contribution is -2.33. The molecule has 2 rings (SSSR count). The molecule has 2 N–H and O–H groups in total. The first-order valence-corrected chi connectivity index (χ1v) is 9.75. The summed E-state index contributed by atoms with van der Waals surface area (Å²) >= 11 is 1.19. The van der Waals surface area contributed by atoms with E-state index in [0.29, 0.717) is 40.2 Å². The Labute approximate surface area is 161 Å². The zero-order chi connectivity index (χ0) is 20.0. The first kappa shape index (κ1) is 21.0. The number of methoxy groups -OCH3 is 1. The average molecular weight is 394 g/mol. The van der Waals surface area contributed by atoms with Gasteiger partial charge in [-0.15, -0.1) is 11.3 Å². The first-order chi connectivity index (χ1) is 12.9. The lowest BCUT2D eigenvalue weighted by molar-refractivity contribution is -0.121. The van der Waals surface area contributed by atoms with Gasteiger partial charge in [-0.05, 0) is 32.3 Å². The molecule has 0 spiro atoms. The second-order valence-corrected chi connectivity index (χ2v) is 7.39. The normalized spacial score (nSPS) is 12.1. The number of hydrogen-bond acceptors (Lipinski definition) is 6. The van der Waals surface area contributed by atoms with Crippen molar-refractivity contribution in [3.8, 4) is 0 Å². The Morgan fingerprint density at radius 2 is 2.15 bits per heavy atom. The van der Waals surface area contributed by atoms with Crippen molar-refractivity contribution in [3.05, 3.63) is 27.1 Å². The number of aromatic nitrogens is 2. The predicted octanol–water partition coefficient (Wildman–Crippen LogP) is 1.45. The lowest BCUT2D eigenvalue weighted by atomic mass is 10.2. The molecule has 0 fully saturated rings. The summed E-state index contributed by atoms with van der Waals surface area (Å²) in [5.74, 6) is -0.469. The van der Waals surface area contributed by atoms with Crippen LogP contribution in [0.5, 0.6) is 0 Å². The standard InChI is InChI=1S/C18H26N4O4S/c1-5-11(2)21-16(24)15-12(3)14-17(27-15)20-10-22(18(14)25)9-13(23)19-7-6-8-26-4/h10-11H,5-9H2,1-4H3,(H,19,23)(H,21,24). The maximum atomic E-state index is 12.8. The highest BCUT2D eigenvalue weighted by Gasteiger charge is 2.20. The highest BCUT2D eigenvalue weighted by atomic mass is 32.1. The zero-order valence-electron chi connectivity index (χ0n) is 16.1.